The maximum Gasteiger partial charge on any atom is 0.137 e. The molecule has 0 spiro atoms. The summed E-state index contributed by atoms with van der Waals surface area (Å²) < 4.78 is 13.9. The Balaban J connectivity index is 1.94. The van der Waals surface area contributed by atoms with E-state index in [0.29, 0.717) is 10.5 Å². The Bertz CT molecular complexity index is 421. The summed E-state index contributed by atoms with van der Waals surface area (Å²) in [7, 11) is 0. The van der Waals surface area contributed by atoms with Crippen molar-refractivity contribution in [1.82, 2.24) is 5.32 Å². The van der Waals surface area contributed by atoms with Gasteiger partial charge >= 0.3 is 0 Å². The zero-order chi connectivity index (χ0) is 14.4. The average molecular weight is 342 g/mol. The third-order valence-corrected chi connectivity index (χ3v) is 4.83. The van der Waals surface area contributed by atoms with Crippen molar-refractivity contribution in [3.8, 4) is 0 Å². The lowest BCUT2D eigenvalue weighted by molar-refractivity contribution is 0.384. The predicted octanol–water partition coefficient (Wildman–Crippen LogP) is 5.08. The van der Waals surface area contributed by atoms with Crippen LogP contribution in [0.1, 0.15) is 51.0 Å². The number of benzene rings is 1. The van der Waals surface area contributed by atoms with Gasteiger partial charge in [-0.1, -0.05) is 32.3 Å². The van der Waals surface area contributed by atoms with Gasteiger partial charge in [-0.15, -0.1) is 0 Å². The molecule has 3 heteroatoms. The Kier molecular flexibility index (Phi) is 6.50. The molecule has 0 saturated heterocycles. The third-order valence-electron chi connectivity index (χ3n) is 4.22. The largest absolute Gasteiger partial charge is 0.314 e. The lowest BCUT2D eigenvalue weighted by atomic mass is 9.91. The summed E-state index contributed by atoms with van der Waals surface area (Å²) in [6.07, 6.45) is 8.81. The minimum atomic E-state index is -0.169. The molecule has 0 amide bonds. The van der Waals surface area contributed by atoms with Gasteiger partial charge in [-0.25, -0.2) is 4.39 Å². The van der Waals surface area contributed by atoms with Crippen LogP contribution in [-0.4, -0.2) is 12.6 Å². The van der Waals surface area contributed by atoms with E-state index in [-0.39, 0.29) is 5.82 Å². The maximum absolute atomic E-state index is 13.3. The Labute approximate surface area is 130 Å². The van der Waals surface area contributed by atoms with Crippen LogP contribution < -0.4 is 5.32 Å². The summed E-state index contributed by atoms with van der Waals surface area (Å²) in [6, 6.07) is 6.11. The van der Waals surface area contributed by atoms with Crippen molar-refractivity contribution in [2.24, 2.45) is 5.92 Å². The number of halogens is 2. The zero-order valence-corrected chi connectivity index (χ0v) is 13.9. The number of nitrogens with one attached hydrogen (secondary N) is 1. The second kappa shape index (κ2) is 8.14. The van der Waals surface area contributed by atoms with Crippen molar-refractivity contribution in [3.63, 3.8) is 0 Å². The topological polar surface area (TPSA) is 12.0 Å². The van der Waals surface area contributed by atoms with Crippen molar-refractivity contribution < 1.29 is 4.39 Å². The first-order valence-corrected chi connectivity index (χ1v) is 8.65. The molecule has 0 heterocycles. The van der Waals surface area contributed by atoms with Gasteiger partial charge in [-0.05, 0) is 71.8 Å². The third kappa shape index (κ3) is 4.85. The van der Waals surface area contributed by atoms with Crippen LogP contribution in [0.15, 0.2) is 22.7 Å². The van der Waals surface area contributed by atoms with E-state index in [4.69, 9.17) is 0 Å². The summed E-state index contributed by atoms with van der Waals surface area (Å²) in [6.45, 7) is 3.34. The highest BCUT2D eigenvalue weighted by molar-refractivity contribution is 9.10. The summed E-state index contributed by atoms with van der Waals surface area (Å²) in [5.41, 5.74) is 1.25. The smallest absolute Gasteiger partial charge is 0.137 e. The molecule has 0 radical (unpaired) electrons. The molecule has 1 nitrogen and oxygen atoms in total. The molecule has 1 aliphatic carbocycles. The minimum Gasteiger partial charge on any atom is -0.314 e. The van der Waals surface area contributed by atoms with Crippen LogP contribution in [0.25, 0.3) is 0 Å². The van der Waals surface area contributed by atoms with E-state index < -0.39 is 0 Å². The van der Waals surface area contributed by atoms with Crippen LogP contribution in [0, 0.1) is 11.7 Å². The molecule has 112 valence electrons. The summed E-state index contributed by atoms with van der Waals surface area (Å²) >= 11 is 3.29. The van der Waals surface area contributed by atoms with E-state index in [0.717, 1.165) is 18.9 Å². The molecule has 20 heavy (non-hydrogen) atoms. The number of hydrogen-bond donors (Lipinski definition) is 1. The summed E-state index contributed by atoms with van der Waals surface area (Å²) in [5.74, 6) is 0.557. The van der Waals surface area contributed by atoms with Crippen LogP contribution in [0.3, 0.4) is 0 Å². The highest BCUT2D eigenvalue weighted by atomic mass is 79.9. The first-order chi connectivity index (χ1) is 9.69. The maximum atomic E-state index is 13.3. The van der Waals surface area contributed by atoms with Crippen LogP contribution in [0.4, 0.5) is 4.39 Å². The lowest BCUT2D eigenvalue weighted by Crippen LogP contribution is -2.31. The fourth-order valence-electron chi connectivity index (χ4n) is 3.18. The van der Waals surface area contributed by atoms with E-state index in [9.17, 15) is 4.39 Å². The summed E-state index contributed by atoms with van der Waals surface area (Å²) in [4.78, 5) is 0. The van der Waals surface area contributed by atoms with Gasteiger partial charge in [0, 0.05) is 6.04 Å². The quantitative estimate of drug-likeness (QED) is 0.736. The minimum absolute atomic E-state index is 0.169. The second-order valence-electron chi connectivity index (χ2n) is 5.99. The Hall–Kier alpha value is -0.410. The van der Waals surface area contributed by atoms with Gasteiger partial charge in [-0.2, -0.15) is 0 Å². The molecule has 0 aliphatic heterocycles. The van der Waals surface area contributed by atoms with E-state index in [1.807, 2.05) is 12.1 Å². The summed E-state index contributed by atoms with van der Waals surface area (Å²) in [5, 5.41) is 3.68. The standard InChI is InChI=1S/C17H25BrFN/c1-2-9-20-15-6-4-3-5-13(11-15)10-14-7-8-17(19)16(18)12-14/h7-8,12-13,15,20H,2-6,9-11H2,1H3. The molecule has 0 aromatic heterocycles. The predicted molar refractivity (Wildman–Crippen MR) is 86.5 cm³/mol. The van der Waals surface area contributed by atoms with E-state index >= 15 is 0 Å². The molecule has 2 unspecified atom stereocenters. The normalized spacial score (nSPS) is 23.6. The molecular weight excluding hydrogens is 317 g/mol. The van der Waals surface area contributed by atoms with Crippen molar-refractivity contribution in [2.75, 3.05) is 6.54 Å². The van der Waals surface area contributed by atoms with E-state index in [1.54, 1.807) is 6.07 Å². The number of hydrogen-bond acceptors (Lipinski definition) is 1. The fraction of sp³-hybridized carbons (Fsp3) is 0.647. The molecule has 1 aliphatic rings. The van der Waals surface area contributed by atoms with Crippen LogP contribution in [0.5, 0.6) is 0 Å². The highest BCUT2D eigenvalue weighted by Gasteiger charge is 2.20. The van der Waals surface area contributed by atoms with E-state index in [1.165, 1.54) is 44.1 Å². The first kappa shape index (κ1) is 16.0. The highest BCUT2D eigenvalue weighted by Crippen LogP contribution is 2.28. The molecule has 2 rings (SSSR count). The molecular formula is C17H25BrFN. The van der Waals surface area contributed by atoms with Gasteiger partial charge in [0.05, 0.1) is 4.47 Å². The molecule has 2 atom stereocenters. The Morgan fingerprint density at radius 2 is 2.10 bits per heavy atom. The van der Waals surface area contributed by atoms with Gasteiger partial charge < -0.3 is 5.32 Å². The zero-order valence-electron chi connectivity index (χ0n) is 12.3. The van der Waals surface area contributed by atoms with Crippen LogP contribution in [-0.2, 0) is 6.42 Å². The van der Waals surface area contributed by atoms with Crippen molar-refractivity contribution >= 4 is 15.9 Å². The fourth-order valence-corrected chi connectivity index (χ4v) is 3.61. The second-order valence-corrected chi connectivity index (χ2v) is 6.84. The van der Waals surface area contributed by atoms with Crippen LogP contribution >= 0.6 is 15.9 Å². The molecule has 1 saturated carbocycles. The van der Waals surface area contributed by atoms with Gasteiger partial charge in [0.1, 0.15) is 5.82 Å². The SMILES string of the molecule is CCCNC1CCCCC(Cc2ccc(F)c(Br)c2)C1. The van der Waals surface area contributed by atoms with E-state index in [2.05, 4.69) is 28.2 Å². The molecule has 1 aromatic carbocycles. The molecule has 1 N–H and O–H groups in total. The average Bonchev–Trinajstić information content (AvgIpc) is 2.66. The molecule has 1 fully saturated rings. The van der Waals surface area contributed by atoms with Crippen molar-refractivity contribution in [3.05, 3.63) is 34.1 Å². The molecule has 0 bridgehead atoms. The van der Waals surface area contributed by atoms with Gasteiger partial charge in [0.25, 0.3) is 0 Å². The molecule has 1 aromatic rings. The van der Waals surface area contributed by atoms with Gasteiger partial charge in [-0.3, -0.25) is 0 Å². The first-order valence-electron chi connectivity index (χ1n) is 7.86. The van der Waals surface area contributed by atoms with Gasteiger partial charge in [0.15, 0.2) is 0 Å². The number of rotatable bonds is 5. The van der Waals surface area contributed by atoms with Crippen LogP contribution in [0.2, 0.25) is 0 Å². The Morgan fingerprint density at radius 3 is 2.85 bits per heavy atom. The Morgan fingerprint density at radius 1 is 1.30 bits per heavy atom. The lowest BCUT2D eigenvalue weighted by Gasteiger charge is -2.21. The van der Waals surface area contributed by atoms with Crippen molar-refractivity contribution in [2.45, 2.75) is 57.9 Å². The van der Waals surface area contributed by atoms with Gasteiger partial charge in [0.2, 0.25) is 0 Å². The monoisotopic (exact) mass is 341 g/mol. The van der Waals surface area contributed by atoms with Crippen molar-refractivity contribution in [1.29, 1.82) is 0 Å².